The van der Waals surface area contributed by atoms with Gasteiger partial charge in [-0.2, -0.15) is 0 Å². The maximum atomic E-state index is 10.6. The molecule has 0 aliphatic carbocycles. The van der Waals surface area contributed by atoms with E-state index in [4.69, 9.17) is 42.9 Å². The number of aliphatic hydroxyl groups excluding tert-OH is 2. The Kier molecular flexibility index (Phi) is 13.0. The Morgan fingerprint density at radius 2 is 1.27 bits per heavy atom. The van der Waals surface area contributed by atoms with Crippen LogP contribution < -0.4 is 0 Å². The van der Waals surface area contributed by atoms with Gasteiger partial charge in [0, 0.05) is 11.1 Å². The normalized spacial score (nSPS) is 9.82. The van der Waals surface area contributed by atoms with Gasteiger partial charge in [-0.25, -0.2) is 0 Å². The lowest BCUT2D eigenvalue weighted by Gasteiger charge is -2.01. The highest BCUT2D eigenvalue weighted by atomic mass is 35.5. The zero-order valence-corrected chi connectivity index (χ0v) is 13.3. The maximum absolute atomic E-state index is 10.6. The molecule has 8 heteroatoms. The standard InChI is InChI=1S/C8H4Cl2O2.C6H14O4/c9-7(11)5-2-1-3-6(4-5)8(10)12;7-1-3-9-5-6-10-4-2-8/h1-4H;7-8H,1-6H2. The Hall–Kier alpha value is -1.02. The molecule has 0 bridgehead atoms. The first-order chi connectivity index (χ1) is 10.5. The van der Waals surface area contributed by atoms with Gasteiger partial charge in [-0.05, 0) is 29.3 Å². The van der Waals surface area contributed by atoms with Gasteiger partial charge in [-0.15, -0.1) is 0 Å². The zero-order valence-electron chi connectivity index (χ0n) is 11.8. The third kappa shape index (κ3) is 10.7. The van der Waals surface area contributed by atoms with Crippen molar-refractivity contribution in [3.63, 3.8) is 0 Å². The maximum Gasteiger partial charge on any atom is 0.252 e. The summed E-state index contributed by atoms with van der Waals surface area (Å²) in [5, 5.41) is 15.3. The van der Waals surface area contributed by atoms with Crippen molar-refractivity contribution in [3.8, 4) is 0 Å². The second kappa shape index (κ2) is 13.6. The highest BCUT2D eigenvalue weighted by molar-refractivity contribution is 6.69. The monoisotopic (exact) mass is 352 g/mol. The SMILES string of the molecule is O=C(Cl)c1cccc(C(=O)Cl)c1.OCCOCCOCCO. The van der Waals surface area contributed by atoms with Crippen molar-refractivity contribution in [1.29, 1.82) is 0 Å². The van der Waals surface area contributed by atoms with Crippen LogP contribution in [0.5, 0.6) is 0 Å². The van der Waals surface area contributed by atoms with Gasteiger partial charge in [0.25, 0.3) is 10.5 Å². The fraction of sp³-hybridized carbons (Fsp3) is 0.429. The minimum absolute atomic E-state index is 0.0417. The van der Waals surface area contributed by atoms with Crippen molar-refractivity contribution in [2.24, 2.45) is 0 Å². The Labute approximate surface area is 138 Å². The van der Waals surface area contributed by atoms with E-state index in [0.29, 0.717) is 26.4 Å². The van der Waals surface area contributed by atoms with E-state index in [-0.39, 0.29) is 24.3 Å². The molecule has 0 saturated heterocycles. The van der Waals surface area contributed by atoms with E-state index in [0.717, 1.165) is 0 Å². The summed E-state index contributed by atoms with van der Waals surface area (Å²) in [6.07, 6.45) is 0. The summed E-state index contributed by atoms with van der Waals surface area (Å²) in [5.74, 6) is 0. The molecular weight excluding hydrogens is 335 g/mol. The van der Waals surface area contributed by atoms with Crippen LogP contribution in [0.4, 0.5) is 0 Å². The highest BCUT2D eigenvalue weighted by Crippen LogP contribution is 2.09. The van der Waals surface area contributed by atoms with Gasteiger partial charge in [0.15, 0.2) is 0 Å². The molecule has 0 aliphatic heterocycles. The van der Waals surface area contributed by atoms with E-state index in [1.807, 2.05) is 0 Å². The molecule has 0 heterocycles. The van der Waals surface area contributed by atoms with Crippen LogP contribution in [-0.4, -0.2) is 60.3 Å². The molecule has 6 nitrogen and oxygen atoms in total. The van der Waals surface area contributed by atoms with E-state index in [1.54, 1.807) is 6.07 Å². The van der Waals surface area contributed by atoms with Gasteiger partial charge in [0.2, 0.25) is 0 Å². The molecular formula is C14H18Cl2O6. The minimum atomic E-state index is -0.602. The summed E-state index contributed by atoms with van der Waals surface area (Å²) in [6, 6.07) is 5.92. The average molecular weight is 353 g/mol. The highest BCUT2D eigenvalue weighted by Gasteiger charge is 2.05. The van der Waals surface area contributed by atoms with E-state index < -0.39 is 10.5 Å². The van der Waals surface area contributed by atoms with Gasteiger partial charge in [-0.3, -0.25) is 9.59 Å². The Bertz CT molecular complexity index is 415. The topological polar surface area (TPSA) is 93.1 Å². The molecule has 2 N–H and O–H groups in total. The lowest BCUT2D eigenvalue weighted by Crippen LogP contribution is -2.09. The van der Waals surface area contributed by atoms with Crippen LogP contribution in [0.3, 0.4) is 0 Å². The molecule has 0 spiro atoms. The molecule has 0 aliphatic rings. The molecule has 124 valence electrons. The smallest absolute Gasteiger partial charge is 0.252 e. The number of ether oxygens (including phenoxy) is 2. The van der Waals surface area contributed by atoms with E-state index in [9.17, 15) is 9.59 Å². The molecule has 0 fully saturated rings. The molecule has 0 unspecified atom stereocenters. The first-order valence-electron chi connectivity index (χ1n) is 6.39. The van der Waals surface area contributed by atoms with Crippen molar-refractivity contribution in [2.45, 2.75) is 0 Å². The van der Waals surface area contributed by atoms with Gasteiger partial charge >= 0.3 is 0 Å². The van der Waals surface area contributed by atoms with Crippen molar-refractivity contribution in [3.05, 3.63) is 35.4 Å². The summed E-state index contributed by atoms with van der Waals surface area (Å²) in [6.45, 7) is 1.73. The number of carbonyl (C=O) groups is 2. The molecule has 22 heavy (non-hydrogen) atoms. The fourth-order valence-electron chi connectivity index (χ4n) is 1.21. The third-order valence-corrected chi connectivity index (χ3v) is 2.60. The van der Waals surface area contributed by atoms with Crippen molar-refractivity contribution in [1.82, 2.24) is 0 Å². The number of aliphatic hydroxyl groups is 2. The summed E-state index contributed by atoms with van der Waals surface area (Å²) in [7, 11) is 0. The Morgan fingerprint density at radius 1 is 0.864 bits per heavy atom. The Balaban J connectivity index is 0.000000409. The van der Waals surface area contributed by atoms with Crippen molar-refractivity contribution >= 4 is 33.7 Å². The predicted molar refractivity (Wildman–Crippen MR) is 82.6 cm³/mol. The largest absolute Gasteiger partial charge is 0.394 e. The van der Waals surface area contributed by atoms with Gasteiger partial charge < -0.3 is 19.7 Å². The van der Waals surface area contributed by atoms with Crippen LogP contribution in [0, 0.1) is 0 Å². The zero-order chi connectivity index (χ0) is 16.8. The molecule has 1 aromatic carbocycles. The van der Waals surface area contributed by atoms with Crippen molar-refractivity contribution < 1.29 is 29.3 Å². The van der Waals surface area contributed by atoms with Crippen LogP contribution in [0.1, 0.15) is 20.7 Å². The average Bonchev–Trinajstić information content (AvgIpc) is 2.51. The minimum Gasteiger partial charge on any atom is -0.394 e. The van der Waals surface area contributed by atoms with Crippen LogP contribution >= 0.6 is 23.2 Å². The summed E-state index contributed by atoms with van der Waals surface area (Å²) in [4.78, 5) is 21.3. The number of rotatable bonds is 9. The van der Waals surface area contributed by atoms with Gasteiger partial charge in [-0.1, -0.05) is 18.2 Å². The lowest BCUT2D eigenvalue weighted by atomic mass is 10.1. The van der Waals surface area contributed by atoms with E-state index in [2.05, 4.69) is 0 Å². The molecule has 0 radical (unpaired) electrons. The fourth-order valence-corrected chi connectivity index (χ4v) is 1.45. The number of hydrogen-bond acceptors (Lipinski definition) is 6. The number of benzene rings is 1. The second-order valence-electron chi connectivity index (χ2n) is 3.80. The van der Waals surface area contributed by atoms with Gasteiger partial charge in [0.1, 0.15) is 0 Å². The third-order valence-electron chi connectivity index (χ3n) is 2.16. The first kappa shape index (κ1) is 21.0. The van der Waals surface area contributed by atoms with Crippen LogP contribution in [0.15, 0.2) is 24.3 Å². The molecule has 1 aromatic rings. The molecule has 0 atom stereocenters. The molecule has 1 rings (SSSR count). The second-order valence-corrected chi connectivity index (χ2v) is 4.49. The van der Waals surface area contributed by atoms with Crippen LogP contribution in [0.25, 0.3) is 0 Å². The van der Waals surface area contributed by atoms with Crippen LogP contribution in [0.2, 0.25) is 0 Å². The van der Waals surface area contributed by atoms with E-state index >= 15 is 0 Å². The Morgan fingerprint density at radius 3 is 1.59 bits per heavy atom. The lowest BCUT2D eigenvalue weighted by molar-refractivity contribution is 0.0222. The van der Waals surface area contributed by atoms with Crippen LogP contribution in [-0.2, 0) is 9.47 Å². The molecule has 0 saturated carbocycles. The summed E-state index contributed by atoms with van der Waals surface area (Å²) >= 11 is 10.4. The number of halogens is 2. The summed E-state index contributed by atoms with van der Waals surface area (Å²) < 4.78 is 9.75. The molecule has 0 amide bonds. The van der Waals surface area contributed by atoms with E-state index in [1.165, 1.54) is 18.2 Å². The number of carbonyl (C=O) groups excluding carboxylic acids is 2. The quantitative estimate of drug-likeness (QED) is 0.516. The van der Waals surface area contributed by atoms with Crippen molar-refractivity contribution in [2.75, 3.05) is 39.6 Å². The molecule has 0 aromatic heterocycles. The summed E-state index contributed by atoms with van der Waals surface area (Å²) in [5.41, 5.74) is 0.534. The predicted octanol–water partition coefficient (Wildman–Crippen LogP) is 1.45. The number of hydrogen-bond donors (Lipinski definition) is 2. The first-order valence-corrected chi connectivity index (χ1v) is 7.15. The van der Waals surface area contributed by atoms with Gasteiger partial charge in [0.05, 0.1) is 39.6 Å².